The number of hydrogen-bond donors (Lipinski definition) is 1. The average Bonchev–Trinajstić information content (AvgIpc) is 3.21. The molecule has 0 unspecified atom stereocenters. The minimum Gasteiger partial charge on any atom is -0.491 e. The molecule has 0 spiro atoms. The topological polar surface area (TPSA) is 60.0 Å². The van der Waals surface area contributed by atoms with Crippen molar-refractivity contribution in [3.63, 3.8) is 0 Å². The summed E-state index contributed by atoms with van der Waals surface area (Å²) in [6.07, 6.45) is 2.04. The molecule has 2 heterocycles. The predicted molar refractivity (Wildman–Crippen MR) is 120 cm³/mol. The zero-order valence-corrected chi connectivity index (χ0v) is 18.4. The van der Waals surface area contributed by atoms with Crippen LogP contribution in [0.1, 0.15) is 32.3 Å². The molecule has 2 aromatic carbocycles. The molecule has 1 saturated heterocycles. The van der Waals surface area contributed by atoms with Gasteiger partial charge in [-0.2, -0.15) is 0 Å². The van der Waals surface area contributed by atoms with Gasteiger partial charge in [0.2, 0.25) is 5.91 Å². The predicted octanol–water partition coefficient (Wildman–Crippen LogP) is 3.63. The molecule has 1 amide bonds. The van der Waals surface area contributed by atoms with Crippen molar-refractivity contribution in [1.82, 2.24) is 10.2 Å². The highest BCUT2D eigenvalue weighted by molar-refractivity contribution is 5.82. The number of hydrogen-bond acceptors (Lipinski definition) is 5. The lowest BCUT2D eigenvalue weighted by molar-refractivity contribution is -0.125. The first-order valence-corrected chi connectivity index (χ1v) is 11.2. The Hall–Kier alpha value is -2.57. The van der Waals surface area contributed by atoms with Gasteiger partial charge in [-0.25, -0.2) is 0 Å². The van der Waals surface area contributed by atoms with Gasteiger partial charge in [0.15, 0.2) is 0 Å². The summed E-state index contributed by atoms with van der Waals surface area (Å²) < 4.78 is 17.5. The number of carbonyl (C=O) groups is 1. The third-order valence-corrected chi connectivity index (χ3v) is 5.67. The maximum absolute atomic E-state index is 12.7. The van der Waals surface area contributed by atoms with E-state index in [9.17, 15) is 4.79 Å². The molecule has 4 rings (SSSR count). The summed E-state index contributed by atoms with van der Waals surface area (Å²) in [5.74, 6) is 1.81. The Kier molecular flexibility index (Phi) is 7.10. The molecule has 166 valence electrons. The molecule has 6 nitrogen and oxygen atoms in total. The van der Waals surface area contributed by atoms with Crippen LogP contribution in [-0.2, 0) is 16.1 Å². The number of rotatable bonds is 3. The van der Waals surface area contributed by atoms with E-state index in [2.05, 4.69) is 34.5 Å². The van der Waals surface area contributed by atoms with Crippen LogP contribution < -0.4 is 14.8 Å². The number of ether oxygens (including phenoxy) is 3. The summed E-state index contributed by atoms with van der Waals surface area (Å²) in [5.41, 5.74) is 3.30. The second-order valence-electron chi connectivity index (χ2n) is 8.40. The molecule has 2 aromatic rings. The van der Waals surface area contributed by atoms with Crippen LogP contribution in [0.25, 0.3) is 11.1 Å². The van der Waals surface area contributed by atoms with Gasteiger partial charge in [-0.15, -0.1) is 0 Å². The largest absolute Gasteiger partial charge is 0.491 e. The Bertz CT molecular complexity index is 899. The lowest BCUT2D eigenvalue weighted by Gasteiger charge is -2.25. The summed E-state index contributed by atoms with van der Waals surface area (Å²) in [6, 6.07) is 14.4. The molecule has 0 saturated carbocycles. The van der Waals surface area contributed by atoms with Gasteiger partial charge in [0, 0.05) is 18.7 Å². The zero-order chi connectivity index (χ0) is 21.6. The Morgan fingerprint density at radius 2 is 1.97 bits per heavy atom. The molecule has 2 aliphatic rings. The lowest BCUT2D eigenvalue weighted by atomic mass is 10.0. The standard InChI is InChI=1S/C25H32N2O4/c1-18(2)31-22-6-3-5-19(16-22)20-8-9-24-21(15-20)17-27-11-4-7-23(27)25(28)26-10-12-29-13-14-30-24/h3,5-6,8-9,15-16,18,23H,4,7,10-14,17H2,1-2H3,(H,26,28)/t23-/m0/s1. The lowest BCUT2D eigenvalue weighted by Crippen LogP contribution is -2.43. The van der Waals surface area contributed by atoms with E-state index in [1.807, 2.05) is 32.0 Å². The Morgan fingerprint density at radius 3 is 2.84 bits per heavy atom. The van der Waals surface area contributed by atoms with Crippen LogP contribution in [0.3, 0.4) is 0 Å². The van der Waals surface area contributed by atoms with Gasteiger partial charge in [-0.3, -0.25) is 9.69 Å². The first-order valence-electron chi connectivity index (χ1n) is 11.2. The van der Waals surface area contributed by atoms with Crippen LogP contribution in [0.2, 0.25) is 0 Å². The molecule has 0 aliphatic carbocycles. The highest BCUT2D eigenvalue weighted by atomic mass is 16.5. The molecule has 31 heavy (non-hydrogen) atoms. The molecular weight excluding hydrogens is 392 g/mol. The van der Waals surface area contributed by atoms with Crippen molar-refractivity contribution in [2.75, 3.05) is 32.9 Å². The molecule has 1 atom stereocenters. The van der Waals surface area contributed by atoms with Crippen molar-refractivity contribution in [1.29, 1.82) is 0 Å². The monoisotopic (exact) mass is 424 g/mol. The maximum Gasteiger partial charge on any atom is 0.237 e. The van der Waals surface area contributed by atoms with E-state index in [0.29, 0.717) is 32.9 Å². The summed E-state index contributed by atoms with van der Waals surface area (Å²) in [6.45, 7) is 7.68. The van der Waals surface area contributed by atoms with Crippen molar-refractivity contribution < 1.29 is 19.0 Å². The average molecular weight is 425 g/mol. The highest BCUT2D eigenvalue weighted by Gasteiger charge is 2.31. The molecule has 0 aromatic heterocycles. The number of nitrogens with one attached hydrogen (secondary N) is 1. The van der Waals surface area contributed by atoms with Crippen LogP contribution in [0.5, 0.6) is 11.5 Å². The first kappa shape index (κ1) is 21.7. The Morgan fingerprint density at radius 1 is 1.10 bits per heavy atom. The minimum absolute atomic E-state index is 0.0949. The Labute approximate surface area is 184 Å². The van der Waals surface area contributed by atoms with E-state index in [1.54, 1.807) is 0 Å². The van der Waals surface area contributed by atoms with Crippen molar-refractivity contribution in [3.8, 4) is 22.6 Å². The first-order chi connectivity index (χ1) is 15.1. The van der Waals surface area contributed by atoms with Gasteiger partial charge in [-0.1, -0.05) is 18.2 Å². The van der Waals surface area contributed by atoms with Crippen LogP contribution in [0, 0.1) is 0 Å². The van der Waals surface area contributed by atoms with Gasteiger partial charge in [-0.05, 0) is 68.6 Å². The highest BCUT2D eigenvalue weighted by Crippen LogP contribution is 2.31. The van der Waals surface area contributed by atoms with Gasteiger partial charge >= 0.3 is 0 Å². The van der Waals surface area contributed by atoms with E-state index in [0.717, 1.165) is 47.6 Å². The number of fused-ring (bicyclic) bond motifs is 2. The van der Waals surface area contributed by atoms with Gasteiger partial charge < -0.3 is 19.5 Å². The summed E-state index contributed by atoms with van der Waals surface area (Å²) in [5, 5.41) is 3.01. The van der Waals surface area contributed by atoms with Crippen LogP contribution in [-0.4, -0.2) is 55.9 Å². The third kappa shape index (κ3) is 5.57. The van der Waals surface area contributed by atoms with Crippen molar-refractivity contribution >= 4 is 5.91 Å². The summed E-state index contributed by atoms with van der Waals surface area (Å²) in [7, 11) is 0. The molecule has 1 N–H and O–H groups in total. The van der Waals surface area contributed by atoms with E-state index >= 15 is 0 Å². The molecule has 1 fully saturated rings. The van der Waals surface area contributed by atoms with Crippen molar-refractivity contribution in [3.05, 3.63) is 48.0 Å². The zero-order valence-electron chi connectivity index (χ0n) is 18.4. The molecule has 0 bridgehead atoms. The second kappa shape index (κ2) is 10.2. The van der Waals surface area contributed by atoms with Gasteiger partial charge in [0.1, 0.15) is 18.1 Å². The Balaban J connectivity index is 1.63. The van der Waals surface area contributed by atoms with Crippen molar-refractivity contribution in [2.24, 2.45) is 0 Å². The fourth-order valence-corrected chi connectivity index (χ4v) is 4.25. The molecule has 6 heteroatoms. The smallest absolute Gasteiger partial charge is 0.237 e. The normalized spacial score (nSPS) is 20.5. The van der Waals surface area contributed by atoms with E-state index in [-0.39, 0.29) is 18.1 Å². The molecule has 0 radical (unpaired) electrons. The van der Waals surface area contributed by atoms with Crippen LogP contribution in [0.4, 0.5) is 0 Å². The second-order valence-corrected chi connectivity index (χ2v) is 8.40. The fraction of sp³-hybridized carbons (Fsp3) is 0.480. The minimum atomic E-state index is -0.0972. The van der Waals surface area contributed by atoms with Gasteiger partial charge in [0.05, 0.1) is 25.4 Å². The van der Waals surface area contributed by atoms with Crippen molar-refractivity contribution in [2.45, 2.75) is 45.4 Å². The molecular formula is C25H32N2O4. The summed E-state index contributed by atoms with van der Waals surface area (Å²) >= 11 is 0. The van der Waals surface area contributed by atoms with Gasteiger partial charge in [0.25, 0.3) is 0 Å². The number of carbonyl (C=O) groups excluding carboxylic acids is 1. The molecule has 2 aliphatic heterocycles. The van der Waals surface area contributed by atoms with E-state index < -0.39 is 0 Å². The van der Waals surface area contributed by atoms with E-state index in [1.165, 1.54) is 0 Å². The quantitative estimate of drug-likeness (QED) is 0.815. The van der Waals surface area contributed by atoms with E-state index in [4.69, 9.17) is 14.2 Å². The number of amides is 1. The maximum atomic E-state index is 12.7. The third-order valence-electron chi connectivity index (χ3n) is 5.67. The SMILES string of the molecule is CC(C)Oc1cccc(-c2ccc3c(c2)CN2CCC[C@H]2C(=O)NCCOCCO3)c1. The fourth-order valence-electron chi connectivity index (χ4n) is 4.25. The number of benzene rings is 2. The van der Waals surface area contributed by atoms with Crippen LogP contribution >= 0.6 is 0 Å². The number of nitrogens with zero attached hydrogens (tertiary/aromatic N) is 1. The van der Waals surface area contributed by atoms with Crippen LogP contribution in [0.15, 0.2) is 42.5 Å². The summed E-state index contributed by atoms with van der Waals surface area (Å²) in [4.78, 5) is 14.9.